The lowest BCUT2D eigenvalue weighted by atomic mass is 9.74. The number of hydrogen-bond acceptors (Lipinski definition) is 5. The minimum Gasteiger partial charge on any atom is -0.469 e. The summed E-state index contributed by atoms with van der Waals surface area (Å²) in [6.45, 7) is 5.76. The summed E-state index contributed by atoms with van der Waals surface area (Å²) in [4.78, 5) is 37.6. The van der Waals surface area contributed by atoms with E-state index in [2.05, 4.69) is 0 Å². The molecule has 6 nitrogen and oxygen atoms in total. The smallest absolute Gasteiger partial charge is 0.410 e. The van der Waals surface area contributed by atoms with E-state index in [0.29, 0.717) is 13.0 Å². The molecule has 1 amide bonds. The largest absolute Gasteiger partial charge is 0.469 e. The maximum Gasteiger partial charge on any atom is 0.410 e. The minimum atomic E-state index is -0.583. The predicted octanol–water partition coefficient (Wildman–Crippen LogP) is 1.93. The summed E-state index contributed by atoms with van der Waals surface area (Å²) in [5, 5.41) is 0. The number of methoxy groups -OCH3 is 1. The molecule has 3 atom stereocenters. The van der Waals surface area contributed by atoms with Crippen LogP contribution in [0.15, 0.2) is 12.2 Å². The average molecular weight is 309 g/mol. The van der Waals surface area contributed by atoms with Gasteiger partial charge in [0.25, 0.3) is 0 Å². The fourth-order valence-corrected chi connectivity index (χ4v) is 2.99. The highest BCUT2D eigenvalue weighted by atomic mass is 16.6. The molecule has 122 valence electrons. The van der Waals surface area contributed by atoms with Crippen molar-refractivity contribution in [1.82, 2.24) is 4.90 Å². The second-order valence-corrected chi connectivity index (χ2v) is 6.84. The molecule has 0 aromatic heterocycles. The Morgan fingerprint density at radius 1 is 1.36 bits per heavy atom. The third kappa shape index (κ3) is 3.67. The molecule has 0 radical (unpaired) electrons. The molecule has 1 aliphatic carbocycles. The molecule has 2 bridgehead atoms. The molecular formula is C16H23NO5. The maximum atomic E-state index is 12.4. The van der Waals surface area contributed by atoms with Crippen molar-refractivity contribution >= 4 is 17.8 Å². The van der Waals surface area contributed by atoms with Crippen LogP contribution in [0.3, 0.4) is 0 Å². The van der Waals surface area contributed by atoms with Gasteiger partial charge in [-0.2, -0.15) is 0 Å². The molecule has 0 spiro atoms. The molecule has 0 aromatic rings. The van der Waals surface area contributed by atoms with E-state index in [1.54, 1.807) is 11.0 Å². The van der Waals surface area contributed by atoms with E-state index in [-0.39, 0.29) is 36.1 Å². The number of likely N-dealkylation sites (tertiary alicyclic amines) is 1. The van der Waals surface area contributed by atoms with E-state index in [0.717, 1.165) is 0 Å². The average Bonchev–Trinajstić information content (AvgIpc) is 2.42. The summed E-state index contributed by atoms with van der Waals surface area (Å²) < 4.78 is 10.1. The Hall–Kier alpha value is -1.85. The summed E-state index contributed by atoms with van der Waals surface area (Å²) in [6, 6.07) is -0.147. The van der Waals surface area contributed by atoms with Crippen LogP contribution in [0.2, 0.25) is 0 Å². The SMILES string of the molecule is COC(=O)C[C@@H]1CN(C(=O)OC(C)(C)C)[C@@H]2C=CC(=O)[C@H]1C2. The zero-order chi connectivity index (χ0) is 16.5. The summed E-state index contributed by atoms with van der Waals surface area (Å²) in [7, 11) is 1.32. The first-order valence-corrected chi connectivity index (χ1v) is 7.49. The predicted molar refractivity (Wildman–Crippen MR) is 79.1 cm³/mol. The number of carbonyl (C=O) groups is 3. The van der Waals surface area contributed by atoms with Crippen LogP contribution in [0.1, 0.15) is 33.6 Å². The van der Waals surface area contributed by atoms with Gasteiger partial charge in [-0.1, -0.05) is 6.08 Å². The van der Waals surface area contributed by atoms with Crippen LogP contribution in [0, 0.1) is 11.8 Å². The van der Waals surface area contributed by atoms with Gasteiger partial charge in [0.15, 0.2) is 5.78 Å². The lowest BCUT2D eigenvalue weighted by Crippen LogP contribution is -2.54. The summed E-state index contributed by atoms with van der Waals surface area (Å²) in [5.74, 6) is -0.801. The highest BCUT2D eigenvalue weighted by molar-refractivity contribution is 5.94. The Morgan fingerprint density at radius 3 is 2.64 bits per heavy atom. The monoisotopic (exact) mass is 309 g/mol. The fraction of sp³-hybridized carbons (Fsp3) is 0.688. The Labute approximate surface area is 130 Å². The zero-order valence-corrected chi connectivity index (χ0v) is 13.5. The van der Waals surface area contributed by atoms with Gasteiger partial charge in [0.05, 0.1) is 19.6 Å². The molecule has 2 aliphatic rings. The standard InChI is InChI=1S/C16H23NO5/c1-16(2,3)22-15(20)17-9-10(7-14(19)21-4)12-8-11(17)5-6-13(12)18/h5-6,10-12H,7-9H2,1-4H3/t10-,11-,12+/m1/s1. The van der Waals surface area contributed by atoms with Gasteiger partial charge in [0.1, 0.15) is 5.60 Å². The number of piperidine rings is 1. The molecule has 0 N–H and O–H groups in total. The van der Waals surface area contributed by atoms with Gasteiger partial charge in [-0.15, -0.1) is 0 Å². The van der Waals surface area contributed by atoms with Crippen LogP contribution in [0.25, 0.3) is 0 Å². The lowest BCUT2D eigenvalue weighted by Gasteiger charge is -2.44. The Kier molecular flexibility index (Phi) is 4.58. The van der Waals surface area contributed by atoms with E-state index in [9.17, 15) is 14.4 Å². The molecule has 1 heterocycles. The van der Waals surface area contributed by atoms with Crippen LogP contribution in [-0.4, -0.2) is 48.0 Å². The number of carbonyl (C=O) groups excluding carboxylic acids is 3. The Bertz CT molecular complexity index is 505. The van der Waals surface area contributed by atoms with Crippen molar-refractivity contribution in [2.45, 2.75) is 45.3 Å². The first-order valence-electron chi connectivity index (χ1n) is 7.49. The van der Waals surface area contributed by atoms with Crippen molar-refractivity contribution in [3.8, 4) is 0 Å². The number of amides is 1. The van der Waals surface area contributed by atoms with E-state index < -0.39 is 11.7 Å². The van der Waals surface area contributed by atoms with Crippen molar-refractivity contribution in [3.63, 3.8) is 0 Å². The molecule has 0 aromatic carbocycles. The summed E-state index contributed by atoms with van der Waals surface area (Å²) >= 11 is 0. The minimum absolute atomic E-state index is 0.0222. The molecular weight excluding hydrogens is 286 g/mol. The lowest BCUT2D eigenvalue weighted by molar-refractivity contribution is -0.143. The van der Waals surface area contributed by atoms with Gasteiger partial charge in [0, 0.05) is 12.5 Å². The summed E-state index contributed by atoms with van der Waals surface area (Å²) in [5.41, 5.74) is -0.583. The second-order valence-electron chi connectivity index (χ2n) is 6.84. The maximum absolute atomic E-state index is 12.4. The quantitative estimate of drug-likeness (QED) is 0.729. The Balaban J connectivity index is 2.17. The van der Waals surface area contributed by atoms with Crippen LogP contribution in [0.5, 0.6) is 0 Å². The number of hydrogen-bond donors (Lipinski definition) is 0. The number of fused-ring (bicyclic) bond motifs is 2. The molecule has 1 saturated heterocycles. The second kappa shape index (κ2) is 6.10. The van der Waals surface area contributed by atoms with Gasteiger partial charge in [-0.3, -0.25) is 9.59 Å². The first-order chi connectivity index (χ1) is 10.2. The third-order valence-electron chi connectivity index (χ3n) is 4.03. The molecule has 1 fully saturated rings. The normalized spacial score (nSPS) is 27.5. The Morgan fingerprint density at radius 2 is 2.05 bits per heavy atom. The zero-order valence-electron chi connectivity index (χ0n) is 13.5. The van der Waals surface area contributed by atoms with Crippen molar-refractivity contribution in [2.24, 2.45) is 11.8 Å². The van der Waals surface area contributed by atoms with Gasteiger partial charge in [-0.05, 0) is 39.2 Å². The topological polar surface area (TPSA) is 72.9 Å². The molecule has 0 unspecified atom stereocenters. The van der Waals surface area contributed by atoms with Gasteiger partial charge in [-0.25, -0.2) is 4.79 Å². The van der Waals surface area contributed by atoms with E-state index in [4.69, 9.17) is 9.47 Å². The van der Waals surface area contributed by atoms with E-state index in [1.807, 2.05) is 20.8 Å². The van der Waals surface area contributed by atoms with E-state index >= 15 is 0 Å². The van der Waals surface area contributed by atoms with E-state index in [1.165, 1.54) is 13.2 Å². The fourth-order valence-electron chi connectivity index (χ4n) is 2.99. The van der Waals surface area contributed by atoms with Gasteiger partial charge < -0.3 is 14.4 Å². The van der Waals surface area contributed by atoms with Crippen molar-refractivity contribution < 1.29 is 23.9 Å². The highest BCUT2D eigenvalue weighted by Crippen LogP contribution is 2.35. The molecule has 0 saturated carbocycles. The highest BCUT2D eigenvalue weighted by Gasteiger charge is 2.43. The number of allylic oxidation sites excluding steroid dienone is 1. The number of ketones is 1. The van der Waals surface area contributed by atoms with Crippen LogP contribution in [-0.2, 0) is 19.1 Å². The number of rotatable bonds is 2. The number of esters is 1. The van der Waals surface area contributed by atoms with Crippen LogP contribution >= 0.6 is 0 Å². The molecule has 22 heavy (non-hydrogen) atoms. The van der Waals surface area contributed by atoms with Crippen LogP contribution < -0.4 is 0 Å². The van der Waals surface area contributed by atoms with Gasteiger partial charge in [0.2, 0.25) is 0 Å². The third-order valence-corrected chi connectivity index (χ3v) is 4.03. The summed E-state index contributed by atoms with van der Waals surface area (Å²) in [6.07, 6.45) is 3.52. The van der Waals surface area contributed by atoms with Crippen LogP contribution in [0.4, 0.5) is 4.79 Å². The number of nitrogens with zero attached hydrogens (tertiary/aromatic N) is 1. The first kappa shape index (κ1) is 16.5. The number of ether oxygens (including phenoxy) is 2. The van der Waals surface area contributed by atoms with Gasteiger partial charge >= 0.3 is 12.1 Å². The van der Waals surface area contributed by atoms with Crippen molar-refractivity contribution in [3.05, 3.63) is 12.2 Å². The molecule has 6 heteroatoms. The molecule has 2 rings (SSSR count). The van der Waals surface area contributed by atoms with Crippen molar-refractivity contribution in [1.29, 1.82) is 0 Å². The molecule has 1 aliphatic heterocycles. The van der Waals surface area contributed by atoms with Crippen molar-refractivity contribution in [2.75, 3.05) is 13.7 Å².